The van der Waals surface area contributed by atoms with Gasteiger partial charge >= 0.3 is 0 Å². The molecule has 0 saturated carbocycles. The highest BCUT2D eigenvalue weighted by atomic mass is 16.2. The maximum atomic E-state index is 12.3. The third kappa shape index (κ3) is 3.60. The molecule has 5 heteroatoms. The Morgan fingerprint density at radius 2 is 1.61 bits per heavy atom. The van der Waals surface area contributed by atoms with Crippen molar-refractivity contribution in [3.63, 3.8) is 0 Å². The number of hydrogen-bond acceptors (Lipinski definition) is 3. The molecule has 0 atom stereocenters. The van der Waals surface area contributed by atoms with Crippen LogP contribution in [0.4, 0.5) is 0 Å². The molecule has 3 rings (SSSR count). The van der Waals surface area contributed by atoms with Gasteiger partial charge < -0.3 is 4.90 Å². The van der Waals surface area contributed by atoms with Crippen molar-refractivity contribution in [3.05, 3.63) is 35.9 Å². The molecule has 1 aromatic rings. The summed E-state index contributed by atoms with van der Waals surface area (Å²) in [6.45, 7) is 1.27. The van der Waals surface area contributed by atoms with E-state index in [0.717, 1.165) is 6.42 Å². The number of aryl methyl sites for hydroxylation is 1. The number of carbonyl (C=O) groups excluding carboxylic acids is 3. The average molecular weight is 314 g/mol. The lowest BCUT2D eigenvalue weighted by atomic mass is 10.0. The molecule has 0 aromatic heterocycles. The molecule has 1 aromatic carbocycles. The normalized spacial score (nSPS) is 19.5. The largest absolute Gasteiger partial charge is 0.343 e. The summed E-state index contributed by atoms with van der Waals surface area (Å²) in [6, 6.07) is 9.98. The number of benzene rings is 1. The maximum Gasteiger partial charge on any atom is 0.229 e. The van der Waals surface area contributed by atoms with Crippen molar-refractivity contribution in [2.24, 2.45) is 0 Å². The van der Waals surface area contributed by atoms with E-state index in [1.807, 2.05) is 35.2 Å². The highest BCUT2D eigenvalue weighted by molar-refractivity contribution is 6.02. The molecule has 5 nitrogen and oxygen atoms in total. The van der Waals surface area contributed by atoms with Crippen LogP contribution >= 0.6 is 0 Å². The van der Waals surface area contributed by atoms with Gasteiger partial charge in [0.2, 0.25) is 17.7 Å². The number of carbonyl (C=O) groups is 3. The Morgan fingerprint density at radius 3 is 2.22 bits per heavy atom. The zero-order valence-corrected chi connectivity index (χ0v) is 13.2. The molecule has 0 radical (unpaired) electrons. The van der Waals surface area contributed by atoms with Crippen LogP contribution in [0, 0.1) is 0 Å². The molecule has 2 aliphatic heterocycles. The Kier molecular flexibility index (Phi) is 4.74. The zero-order valence-electron chi connectivity index (χ0n) is 13.2. The number of piperidine rings is 1. The standard InChI is InChI=1S/C18H22N2O3/c21-16(7-6-14-4-2-1-3-5-14)19-12-10-15(11-13-19)20-17(22)8-9-18(20)23/h1-5,15H,6-13H2. The number of rotatable bonds is 4. The topological polar surface area (TPSA) is 57.7 Å². The third-order valence-electron chi connectivity index (χ3n) is 4.74. The Bertz CT molecular complexity index is 576. The molecular weight excluding hydrogens is 292 g/mol. The molecule has 0 unspecified atom stereocenters. The van der Waals surface area contributed by atoms with Gasteiger partial charge in [-0.2, -0.15) is 0 Å². The van der Waals surface area contributed by atoms with Gasteiger partial charge in [-0.3, -0.25) is 19.3 Å². The van der Waals surface area contributed by atoms with Crippen molar-refractivity contribution in [2.75, 3.05) is 13.1 Å². The van der Waals surface area contributed by atoms with Gasteiger partial charge in [0.15, 0.2) is 0 Å². The smallest absolute Gasteiger partial charge is 0.229 e. The van der Waals surface area contributed by atoms with E-state index >= 15 is 0 Å². The van der Waals surface area contributed by atoms with Crippen LogP contribution in [0.2, 0.25) is 0 Å². The lowest BCUT2D eigenvalue weighted by Gasteiger charge is -2.35. The van der Waals surface area contributed by atoms with Gasteiger partial charge in [-0.05, 0) is 24.8 Å². The minimum Gasteiger partial charge on any atom is -0.343 e. The second-order valence-electron chi connectivity index (χ2n) is 6.26. The van der Waals surface area contributed by atoms with Crippen molar-refractivity contribution in [3.8, 4) is 0 Å². The van der Waals surface area contributed by atoms with Crippen LogP contribution in [0.15, 0.2) is 30.3 Å². The molecule has 0 N–H and O–H groups in total. The van der Waals surface area contributed by atoms with Crippen LogP contribution in [-0.2, 0) is 20.8 Å². The predicted octanol–water partition coefficient (Wildman–Crippen LogP) is 1.76. The van der Waals surface area contributed by atoms with Crippen molar-refractivity contribution in [1.82, 2.24) is 9.80 Å². The van der Waals surface area contributed by atoms with Crippen LogP contribution in [0.1, 0.15) is 37.7 Å². The number of amides is 3. The summed E-state index contributed by atoms with van der Waals surface area (Å²) in [5.41, 5.74) is 1.17. The van der Waals surface area contributed by atoms with Gasteiger partial charge in [0, 0.05) is 38.4 Å². The number of nitrogens with zero attached hydrogens (tertiary/aromatic N) is 2. The van der Waals surface area contributed by atoms with Gasteiger partial charge in [0.25, 0.3) is 0 Å². The van der Waals surface area contributed by atoms with Gasteiger partial charge in [0.1, 0.15) is 0 Å². The average Bonchev–Trinajstić information content (AvgIpc) is 2.92. The van der Waals surface area contributed by atoms with E-state index in [1.54, 1.807) is 0 Å². The summed E-state index contributed by atoms with van der Waals surface area (Å²) in [7, 11) is 0. The van der Waals surface area contributed by atoms with E-state index in [2.05, 4.69) is 0 Å². The lowest BCUT2D eigenvalue weighted by molar-refractivity contribution is -0.142. The quantitative estimate of drug-likeness (QED) is 0.796. The molecule has 0 bridgehead atoms. The van der Waals surface area contributed by atoms with Crippen LogP contribution in [0.3, 0.4) is 0 Å². The minimum absolute atomic E-state index is 0.0179. The monoisotopic (exact) mass is 314 g/mol. The molecule has 3 amide bonds. The predicted molar refractivity (Wildman–Crippen MR) is 85.5 cm³/mol. The van der Waals surface area contributed by atoms with E-state index < -0.39 is 0 Å². The number of likely N-dealkylation sites (tertiary alicyclic amines) is 2. The highest BCUT2D eigenvalue weighted by Crippen LogP contribution is 2.23. The van der Waals surface area contributed by atoms with Crippen LogP contribution < -0.4 is 0 Å². The van der Waals surface area contributed by atoms with Gasteiger partial charge in [0.05, 0.1) is 0 Å². The van der Waals surface area contributed by atoms with E-state index in [1.165, 1.54) is 10.5 Å². The SMILES string of the molecule is O=C(CCc1ccccc1)N1CCC(N2C(=O)CCC2=O)CC1. The van der Waals surface area contributed by atoms with E-state index in [4.69, 9.17) is 0 Å². The highest BCUT2D eigenvalue weighted by Gasteiger charge is 2.36. The Morgan fingerprint density at radius 1 is 1.00 bits per heavy atom. The van der Waals surface area contributed by atoms with E-state index in [9.17, 15) is 14.4 Å². The first kappa shape index (κ1) is 15.7. The van der Waals surface area contributed by atoms with Crippen molar-refractivity contribution >= 4 is 17.7 Å². The van der Waals surface area contributed by atoms with E-state index in [-0.39, 0.29) is 23.8 Å². The molecule has 2 saturated heterocycles. The summed E-state index contributed by atoms with van der Waals surface area (Å²) >= 11 is 0. The fourth-order valence-electron chi connectivity index (χ4n) is 3.43. The molecule has 2 heterocycles. The molecule has 0 aliphatic carbocycles. The third-order valence-corrected chi connectivity index (χ3v) is 4.74. The Hall–Kier alpha value is -2.17. The van der Waals surface area contributed by atoms with Crippen molar-refractivity contribution in [1.29, 1.82) is 0 Å². The second-order valence-corrected chi connectivity index (χ2v) is 6.26. The van der Waals surface area contributed by atoms with Gasteiger partial charge in [-0.1, -0.05) is 30.3 Å². The van der Waals surface area contributed by atoms with Crippen LogP contribution in [-0.4, -0.2) is 46.7 Å². The first-order chi connectivity index (χ1) is 11.1. The van der Waals surface area contributed by atoms with Crippen LogP contribution in [0.5, 0.6) is 0 Å². The Balaban J connectivity index is 1.48. The second kappa shape index (κ2) is 6.94. The first-order valence-corrected chi connectivity index (χ1v) is 8.32. The minimum atomic E-state index is -0.0520. The van der Waals surface area contributed by atoms with Gasteiger partial charge in [-0.25, -0.2) is 0 Å². The van der Waals surface area contributed by atoms with Crippen molar-refractivity contribution < 1.29 is 14.4 Å². The summed E-state index contributed by atoms with van der Waals surface area (Å²) in [5.74, 6) is 0.0547. The summed E-state index contributed by atoms with van der Waals surface area (Å²) < 4.78 is 0. The number of imide groups is 1. The fourth-order valence-corrected chi connectivity index (χ4v) is 3.43. The van der Waals surface area contributed by atoms with E-state index in [0.29, 0.717) is 45.2 Å². The molecule has 0 spiro atoms. The maximum absolute atomic E-state index is 12.3. The molecule has 23 heavy (non-hydrogen) atoms. The Labute approximate surface area is 136 Å². The molecule has 2 fully saturated rings. The summed E-state index contributed by atoms with van der Waals surface area (Å²) in [5, 5.41) is 0. The van der Waals surface area contributed by atoms with Crippen molar-refractivity contribution in [2.45, 2.75) is 44.6 Å². The molecule has 122 valence electrons. The van der Waals surface area contributed by atoms with Gasteiger partial charge in [-0.15, -0.1) is 0 Å². The number of hydrogen-bond donors (Lipinski definition) is 0. The first-order valence-electron chi connectivity index (χ1n) is 8.32. The summed E-state index contributed by atoms with van der Waals surface area (Å²) in [6.07, 6.45) is 3.35. The van der Waals surface area contributed by atoms with Crippen LogP contribution in [0.25, 0.3) is 0 Å². The molecular formula is C18H22N2O3. The summed E-state index contributed by atoms with van der Waals surface area (Å²) in [4.78, 5) is 39.2. The molecule has 2 aliphatic rings. The fraction of sp³-hybridized carbons (Fsp3) is 0.500. The lowest BCUT2D eigenvalue weighted by Crippen LogP contribution is -2.48. The zero-order chi connectivity index (χ0) is 16.2.